The van der Waals surface area contributed by atoms with Crippen LogP contribution < -0.4 is 5.56 Å². The van der Waals surface area contributed by atoms with Gasteiger partial charge in [-0.05, 0) is 19.1 Å². The number of rotatable bonds is 3. The lowest BCUT2D eigenvalue weighted by molar-refractivity contribution is -0.143. The lowest BCUT2D eigenvalue weighted by atomic mass is 10.3. The van der Waals surface area contributed by atoms with Crippen molar-refractivity contribution < 1.29 is 9.53 Å². The van der Waals surface area contributed by atoms with E-state index in [2.05, 4.69) is 9.97 Å². The minimum absolute atomic E-state index is 0.134. The molecule has 2 rings (SSSR count). The topological polar surface area (TPSA) is 74.1 Å². The van der Waals surface area contributed by atoms with E-state index >= 15 is 0 Å². The first-order valence-electron chi connectivity index (χ1n) is 5.18. The smallest absolute Gasteiger partial charge is 0.326 e. The van der Waals surface area contributed by atoms with Gasteiger partial charge in [-0.3, -0.25) is 14.2 Å². The summed E-state index contributed by atoms with van der Waals surface area (Å²) in [5.74, 6) is -0.459. The molecule has 0 aromatic carbocycles. The van der Waals surface area contributed by atoms with Gasteiger partial charge in [0, 0.05) is 6.20 Å². The van der Waals surface area contributed by atoms with Crippen LogP contribution in [0.15, 0.2) is 29.5 Å². The average Bonchev–Trinajstić information content (AvgIpc) is 2.33. The number of fused-ring (bicyclic) bond motifs is 1. The maximum Gasteiger partial charge on any atom is 0.326 e. The third-order valence-electron chi connectivity index (χ3n) is 2.20. The summed E-state index contributed by atoms with van der Waals surface area (Å²) in [6.45, 7) is 1.86. The third-order valence-corrected chi connectivity index (χ3v) is 2.20. The fourth-order valence-electron chi connectivity index (χ4n) is 1.46. The Morgan fingerprint density at radius 2 is 2.29 bits per heavy atom. The lowest BCUT2D eigenvalue weighted by Gasteiger charge is -2.05. The zero-order valence-electron chi connectivity index (χ0n) is 9.29. The summed E-state index contributed by atoms with van der Waals surface area (Å²) in [7, 11) is 0. The molecule has 0 atom stereocenters. The van der Waals surface area contributed by atoms with Gasteiger partial charge in [-0.25, -0.2) is 9.97 Å². The van der Waals surface area contributed by atoms with E-state index in [4.69, 9.17) is 4.74 Å². The number of hydrogen-bond acceptors (Lipinski definition) is 5. The number of hydrogen-bond donors (Lipinski definition) is 0. The van der Waals surface area contributed by atoms with Crippen molar-refractivity contribution in [3.8, 4) is 0 Å². The molecule has 0 radical (unpaired) electrons. The molecule has 0 bridgehead atoms. The molecule has 0 aliphatic carbocycles. The van der Waals surface area contributed by atoms with Gasteiger partial charge in [0.25, 0.3) is 5.56 Å². The van der Waals surface area contributed by atoms with Gasteiger partial charge < -0.3 is 4.74 Å². The van der Waals surface area contributed by atoms with Crippen molar-refractivity contribution in [1.82, 2.24) is 14.5 Å². The first kappa shape index (κ1) is 11.3. The molecule has 0 unspecified atom stereocenters. The molecule has 0 saturated heterocycles. The van der Waals surface area contributed by atoms with Crippen LogP contribution in [0.1, 0.15) is 6.92 Å². The largest absolute Gasteiger partial charge is 0.465 e. The summed E-state index contributed by atoms with van der Waals surface area (Å²) >= 11 is 0. The van der Waals surface area contributed by atoms with Crippen LogP contribution in [0, 0.1) is 0 Å². The predicted molar refractivity (Wildman–Crippen MR) is 60.4 cm³/mol. The molecule has 0 amide bonds. The van der Waals surface area contributed by atoms with Crippen LogP contribution in [-0.2, 0) is 16.1 Å². The van der Waals surface area contributed by atoms with Crippen molar-refractivity contribution >= 4 is 17.0 Å². The SMILES string of the molecule is CCOC(=O)Cn1cnc2ncccc2c1=O. The average molecular weight is 233 g/mol. The van der Waals surface area contributed by atoms with Crippen LogP contribution in [-0.4, -0.2) is 27.1 Å². The highest BCUT2D eigenvalue weighted by Gasteiger charge is 2.08. The first-order chi connectivity index (χ1) is 8.22. The van der Waals surface area contributed by atoms with Crippen LogP contribution in [0.25, 0.3) is 11.0 Å². The van der Waals surface area contributed by atoms with Crippen LogP contribution >= 0.6 is 0 Å². The second kappa shape index (κ2) is 4.73. The van der Waals surface area contributed by atoms with Crippen molar-refractivity contribution in [2.45, 2.75) is 13.5 Å². The molecule has 0 spiro atoms. The summed E-state index contributed by atoms with van der Waals surface area (Å²) in [6.07, 6.45) is 2.86. The summed E-state index contributed by atoms with van der Waals surface area (Å²) in [5.41, 5.74) is 0.0776. The van der Waals surface area contributed by atoms with Crippen LogP contribution in [0.5, 0.6) is 0 Å². The predicted octanol–water partition coefficient (Wildman–Crippen LogP) is 0.355. The Bertz CT molecular complexity index is 606. The molecular weight excluding hydrogens is 222 g/mol. The van der Waals surface area contributed by atoms with Gasteiger partial charge in [-0.15, -0.1) is 0 Å². The van der Waals surface area contributed by atoms with E-state index < -0.39 is 5.97 Å². The highest BCUT2D eigenvalue weighted by atomic mass is 16.5. The summed E-state index contributed by atoms with van der Waals surface area (Å²) in [6, 6.07) is 3.28. The van der Waals surface area contributed by atoms with Gasteiger partial charge in [0.1, 0.15) is 12.9 Å². The Labute approximate surface area is 96.9 Å². The van der Waals surface area contributed by atoms with E-state index in [0.29, 0.717) is 11.0 Å². The Morgan fingerprint density at radius 1 is 1.47 bits per heavy atom. The van der Waals surface area contributed by atoms with Gasteiger partial charge in [-0.1, -0.05) is 0 Å². The normalized spacial score (nSPS) is 10.4. The quantitative estimate of drug-likeness (QED) is 0.715. The minimum atomic E-state index is -0.459. The minimum Gasteiger partial charge on any atom is -0.465 e. The van der Waals surface area contributed by atoms with Crippen molar-refractivity contribution in [2.75, 3.05) is 6.61 Å². The standard InChI is InChI=1S/C11H11N3O3/c1-2-17-9(15)6-14-7-13-10-8(11(14)16)4-3-5-12-10/h3-5,7H,2,6H2,1H3. The Morgan fingerprint density at radius 3 is 3.06 bits per heavy atom. The number of nitrogens with zero attached hydrogens (tertiary/aromatic N) is 3. The molecule has 2 aromatic heterocycles. The zero-order chi connectivity index (χ0) is 12.3. The van der Waals surface area contributed by atoms with Crippen molar-refractivity contribution in [1.29, 1.82) is 0 Å². The van der Waals surface area contributed by atoms with Gasteiger partial charge in [0.2, 0.25) is 0 Å². The molecular formula is C11H11N3O3. The lowest BCUT2D eigenvalue weighted by Crippen LogP contribution is -2.25. The number of esters is 1. The third kappa shape index (κ3) is 2.30. The van der Waals surface area contributed by atoms with E-state index in [1.165, 1.54) is 10.9 Å². The highest BCUT2D eigenvalue weighted by molar-refractivity contribution is 5.73. The Kier molecular flexibility index (Phi) is 3.13. The summed E-state index contributed by atoms with van der Waals surface area (Å²) in [5, 5.41) is 0.388. The molecule has 88 valence electrons. The van der Waals surface area contributed by atoms with Gasteiger partial charge >= 0.3 is 5.97 Å². The second-order valence-corrected chi connectivity index (χ2v) is 3.36. The molecule has 0 aliphatic heterocycles. The van der Waals surface area contributed by atoms with Crippen LogP contribution in [0.3, 0.4) is 0 Å². The monoisotopic (exact) mass is 233 g/mol. The van der Waals surface area contributed by atoms with Crippen LogP contribution in [0.2, 0.25) is 0 Å². The molecule has 6 nitrogen and oxygen atoms in total. The number of carbonyl (C=O) groups excluding carboxylic acids is 1. The molecule has 0 fully saturated rings. The Hall–Kier alpha value is -2.24. The summed E-state index contributed by atoms with van der Waals surface area (Å²) < 4.78 is 5.98. The van der Waals surface area contributed by atoms with Gasteiger partial charge in [0.15, 0.2) is 5.65 Å². The van der Waals surface area contributed by atoms with Gasteiger partial charge in [0.05, 0.1) is 12.0 Å². The maximum atomic E-state index is 11.9. The summed E-state index contributed by atoms with van der Waals surface area (Å²) in [4.78, 5) is 31.2. The molecule has 6 heteroatoms. The van der Waals surface area contributed by atoms with Gasteiger partial charge in [-0.2, -0.15) is 0 Å². The number of ether oxygens (including phenoxy) is 1. The second-order valence-electron chi connectivity index (χ2n) is 3.36. The van der Waals surface area contributed by atoms with E-state index in [1.807, 2.05) is 0 Å². The highest BCUT2D eigenvalue weighted by Crippen LogP contribution is 2.00. The molecule has 17 heavy (non-hydrogen) atoms. The van der Waals surface area contributed by atoms with Crippen molar-refractivity contribution in [2.24, 2.45) is 0 Å². The zero-order valence-corrected chi connectivity index (χ0v) is 9.29. The Balaban J connectivity index is 2.39. The van der Waals surface area contributed by atoms with E-state index in [-0.39, 0.29) is 18.7 Å². The molecule has 0 aliphatic rings. The fourth-order valence-corrected chi connectivity index (χ4v) is 1.46. The fraction of sp³-hybridized carbons (Fsp3) is 0.273. The molecule has 0 saturated carbocycles. The van der Waals surface area contributed by atoms with E-state index in [1.54, 1.807) is 25.3 Å². The number of carbonyl (C=O) groups is 1. The van der Waals surface area contributed by atoms with E-state index in [0.717, 1.165) is 0 Å². The van der Waals surface area contributed by atoms with Crippen molar-refractivity contribution in [3.63, 3.8) is 0 Å². The maximum absolute atomic E-state index is 11.9. The first-order valence-corrected chi connectivity index (χ1v) is 5.18. The number of aromatic nitrogens is 3. The molecule has 2 heterocycles. The number of pyridine rings is 1. The van der Waals surface area contributed by atoms with E-state index in [9.17, 15) is 9.59 Å². The van der Waals surface area contributed by atoms with Crippen LogP contribution in [0.4, 0.5) is 0 Å². The molecule has 0 N–H and O–H groups in total. The molecule has 2 aromatic rings. The van der Waals surface area contributed by atoms with Crippen molar-refractivity contribution in [3.05, 3.63) is 35.0 Å².